The zero-order chi connectivity index (χ0) is 14.1. The van der Waals surface area contributed by atoms with Crippen LogP contribution >= 0.6 is 22.7 Å². The van der Waals surface area contributed by atoms with Gasteiger partial charge in [0.05, 0.1) is 11.4 Å². The van der Waals surface area contributed by atoms with Crippen molar-refractivity contribution >= 4 is 27.6 Å². The number of aromatic nitrogens is 3. The fraction of sp³-hybridized carbons (Fsp3) is 0.429. The molecule has 0 bridgehead atoms. The van der Waals surface area contributed by atoms with E-state index in [-0.39, 0.29) is 0 Å². The van der Waals surface area contributed by atoms with Crippen molar-refractivity contribution in [2.75, 3.05) is 0 Å². The van der Waals surface area contributed by atoms with Crippen LogP contribution in [0.3, 0.4) is 0 Å². The molecule has 4 nitrogen and oxygen atoms in total. The average Bonchev–Trinajstić information content (AvgIpc) is 3.07. The van der Waals surface area contributed by atoms with Gasteiger partial charge in [-0.3, -0.25) is 4.40 Å². The van der Waals surface area contributed by atoms with Gasteiger partial charge in [0.15, 0.2) is 4.96 Å². The minimum absolute atomic E-state index is 0.820. The highest BCUT2D eigenvalue weighted by molar-refractivity contribution is 7.17. The van der Waals surface area contributed by atoms with E-state index in [1.165, 1.54) is 15.4 Å². The Morgan fingerprint density at radius 2 is 2.10 bits per heavy atom. The zero-order valence-corrected chi connectivity index (χ0v) is 13.6. The summed E-state index contributed by atoms with van der Waals surface area (Å²) in [7, 11) is 0. The molecule has 0 aliphatic rings. The molecule has 0 fully saturated rings. The molecule has 0 saturated carbocycles. The number of hydrogen-bond donors (Lipinski definition) is 1. The fourth-order valence-corrected chi connectivity index (χ4v) is 3.92. The van der Waals surface area contributed by atoms with E-state index in [1.807, 2.05) is 6.20 Å². The van der Waals surface area contributed by atoms with Crippen LogP contribution in [0.4, 0.5) is 0 Å². The van der Waals surface area contributed by atoms with Gasteiger partial charge in [0.2, 0.25) is 0 Å². The van der Waals surface area contributed by atoms with Gasteiger partial charge in [0, 0.05) is 35.2 Å². The second-order valence-electron chi connectivity index (χ2n) is 4.82. The Kier molecular flexibility index (Phi) is 3.87. The Hall–Kier alpha value is -1.24. The van der Waals surface area contributed by atoms with Crippen molar-refractivity contribution in [3.8, 4) is 0 Å². The van der Waals surface area contributed by atoms with Crippen molar-refractivity contribution in [3.05, 3.63) is 38.5 Å². The molecule has 20 heavy (non-hydrogen) atoms. The first-order chi connectivity index (χ1) is 9.67. The lowest BCUT2D eigenvalue weighted by Gasteiger charge is -2.03. The maximum absolute atomic E-state index is 4.61. The first-order valence-electron chi connectivity index (χ1n) is 6.75. The van der Waals surface area contributed by atoms with Crippen LogP contribution in [0.1, 0.15) is 33.1 Å². The minimum atomic E-state index is 0.820. The Bertz CT molecular complexity index is 723. The van der Waals surface area contributed by atoms with E-state index in [9.17, 15) is 0 Å². The third-order valence-corrected chi connectivity index (χ3v) is 5.30. The molecule has 0 atom stereocenters. The summed E-state index contributed by atoms with van der Waals surface area (Å²) in [5, 5.41) is 4.63. The maximum atomic E-state index is 4.61. The summed E-state index contributed by atoms with van der Waals surface area (Å²) in [4.78, 5) is 12.8. The molecule has 0 aromatic carbocycles. The molecular weight excluding hydrogens is 288 g/mol. The fourth-order valence-electron chi connectivity index (χ4n) is 2.20. The van der Waals surface area contributed by atoms with Gasteiger partial charge in [0.1, 0.15) is 5.01 Å². The topological polar surface area (TPSA) is 42.2 Å². The highest BCUT2D eigenvalue weighted by Gasteiger charge is 2.10. The molecule has 3 aromatic heterocycles. The second kappa shape index (κ2) is 5.63. The van der Waals surface area contributed by atoms with Gasteiger partial charge in [-0.25, -0.2) is 9.97 Å². The van der Waals surface area contributed by atoms with E-state index < -0.39 is 0 Å². The first-order valence-corrected chi connectivity index (χ1v) is 8.39. The van der Waals surface area contributed by atoms with Crippen LogP contribution in [0, 0.1) is 13.8 Å². The summed E-state index contributed by atoms with van der Waals surface area (Å²) in [5.74, 6) is 0. The van der Waals surface area contributed by atoms with Crippen LogP contribution < -0.4 is 5.32 Å². The third kappa shape index (κ3) is 2.63. The van der Waals surface area contributed by atoms with Crippen LogP contribution in [-0.2, 0) is 19.5 Å². The van der Waals surface area contributed by atoms with E-state index in [2.05, 4.69) is 46.7 Å². The number of imidazole rings is 1. The monoisotopic (exact) mass is 306 g/mol. The molecule has 0 amide bonds. The van der Waals surface area contributed by atoms with Crippen LogP contribution in [0.25, 0.3) is 4.96 Å². The summed E-state index contributed by atoms with van der Waals surface area (Å²) < 4.78 is 2.20. The normalized spacial score (nSPS) is 11.6. The van der Waals surface area contributed by atoms with Gasteiger partial charge in [-0.1, -0.05) is 6.92 Å². The van der Waals surface area contributed by atoms with Crippen molar-refractivity contribution in [1.29, 1.82) is 0 Å². The quantitative estimate of drug-likeness (QED) is 0.786. The lowest BCUT2D eigenvalue weighted by molar-refractivity contribution is 0.669. The van der Waals surface area contributed by atoms with Crippen molar-refractivity contribution < 1.29 is 0 Å². The average molecular weight is 306 g/mol. The van der Waals surface area contributed by atoms with Crippen LogP contribution in [0.15, 0.2) is 12.4 Å². The molecule has 1 N–H and O–H groups in total. The standard InChI is InChI=1S/C14H18N4S2/c1-4-11-5-16-13(20-11)7-15-6-12-10(3)17-14-18(12)8-9(2)19-14/h5,8,15H,4,6-7H2,1-3H3. The van der Waals surface area contributed by atoms with Gasteiger partial charge < -0.3 is 5.32 Å². The maximum Gasteiger partial charge on any atom is 0.194 e. The number of fused-ring (bicyclic) bond motifs is 1. The molecule has 3 aromatic rings. The highest BCUT2D eigenvalue weighted by Crippen LogP contribution is 2.20. The number of nitrogens with one attached hydrogen (secondary N) is 1. The second-order valence-corrected chi connectivity index (χ2v) is 7.23. The molecule has 106 valence electrons. The van der Waals surface area contributed by atoms with Crippen LogP contribution in [0.5, 0.6) is 0 Å². The molecule has 6 heteroatoms. The van der Waals surface area contributed by atoms with Crippen LogP contribution in [0.2, 0.25) is 0 Å². The molecule has 0 spiro atoms. The zero-order valence-electron chi connectivity index (χ0n) is 11.9. The minimum Gasteiger partial charge on any atom is -0.305 e. The van der Waals surface area contributed by atoms with Crippen molar-refractivity contribution in [2.45, 2.75) is 40.3 Å². The summed E-state index contributed by atoms with van der Waals surface area (Å²) in [5.41, 5.74) is 2.36. The number of thiazole rings is 2. The summed E-state index contributed by atoms with van der Waals surface area (Å²) in [6.07, 6.45) is 5.20. The SMILES string of the molecule is CCc1cnc(CNCc2c(C)nc3sc(C)cn23)s1. The number of rotatable bonds is 5. The highest BCUT2D eigenvalue weighted by atomic mass is 32.1. The van der Waals surface area contributed by atoms with E-state index >= 15 is 0 Å². The smallest absolute Gasteiger partial charge is 0.194 e. The van der Waals surface area contributed by atoms with E-state index in [0.717, 1.165) is 35.2 Å². The lowest BCUT2D eigenvalue weighted by Crippen LogP contribution is -2.14. The Labute approximate surface area is 126 Å². The predicted octanol–water partition coefficient (Wildman–Crippen LogP) is 3.32. The molecule has 0 radical (unpaired) electrons. The van der Waals surface area contributed by atoms with Crippen molar-refractivity contribution in [2.24, 2.45) is 0 Å². The number of nitrogens with zero attached hydrogens (tertiary/aromatic N) is 3. The van der Waals surface area contributed by atoms with Crippen LogP contribution in [-0.4, -0.2) is 14.4 Å². The van der Waals surface area contributed by atoms with Crippen molar-refractivity contribution in [1.82, 2.24) is 19.7 Å². The van der Waals surface area contributed by atoms with Gasteiger partial charge in [-0.15, -0.1) is 22.7 Å². The Morgan fingerprint density at radius 1 is 1.25 bits per heavy atom. The van der Waals surface area contributed by atoms with E-state index in [0.29, 0.717) is 0 Å². The van der Waals surface area contributed by atoms with E-state index in [4.69, 9.17) is 0 Å². The van der Waals surface area contributed by atoms with Gasteiger partial charge in [-0.05, 0) is 20.3 Å². The van der Waals surface area contributed by atoms with Gasteiger partial charge >= 0.3 is 0 Å². The number of hydrogen-bond acceptors (Lipinski definition) is 5. The lowest BCUT2D eigenvalue weighted by atomic mass is 10.3. The Balaban J connectivity index is 1.68. The predicted molar refractivity (Wildman–Crippen MR) is 84.6 cm³/mol. The largest absolute Gasteiger partial charge is 0.305 e. The molecule has 0 saturated heterocycles. The van der Waals surface area contributed by atoms with Crippen molar-refractivity contribution in [3.63, 3.8) is 0 Å². The molecule has 3 heterocycles. The van der Waals surface area contributed by atoms with Gasteiger partial charge in [-0.2, -0.15) is 0 Å². The first kappa shape index (κ1) is 13.7. The third-order valence-electron chi connectivity index (χ3n) is 3.26. The summed E-state index contributed by atoms with van der Waals surface area (Å²) >= 11 is 3.53. The molecule has 0 aliphatic carbocycles. The summed E-state index contributed by atoms with van der Waals surface area (Å²) in [6, 6.07) is 0. The molecule has 0 unspecified atom stereocenters. The molecule has 0 aliphatic heterocycles. The van der Waals surface area contributed by atoms with E-state index in [1.54, 1.807) is 22.7 Å². The molecule has 3 rings (SSSR count). The van der Waals surface area contributed by atoms with Gasteiger partial charge in [0.25, 0.3) is 0 Å². The summed E-state index contributed by atoms with van der Waals surface area (Å²) in [6.45, 7) is 8.00. The Morgan fingerprint density at radius 3 is 2.85 bits per heavy atom. The number of aryl methyl sites for hydroxylation is 3. The molecular formula is C14H18N4S2.